The molecular formula is C15H21BrN3OS+. The lowest BCUT2D eigenvalue weighted by Gasteiger charge is -2.20. The first-order chi connectivity index (χ1) is 10.1. The number of thioether (sulfide) groups is 1. The number of rotatable bonds is 5. The lowest BCUT2D eigenvalue weighted by Crippen LogP contribution is -3.10. The second-order valence-corrected chi connectivity index (χ2v) is 7.09. The molecule has 21 heavy (non-hydrogen) atoms. The van der Waals surface area contributed by atoms with Crippen molar-refractivity contribution in [3.63, 3.8) is 0 Å². The molecule has 0 saturated carbocycles. The first-order valence-electron chi connectivity index (χ1n) is 7.12. The Bertz CT molecular complexity index is 511. The van der Waals surface area contributed by atoms with E-state index in [1.54, 1.807) is 11.8 Å². The Morgan fingerprint density at radius 3 is 2.81 bits per heavy atom. The molecule has 0 bridgehead atoms. The molecule has 0 spiro atoms. The van der Waals surface area contributed by atoms with Crippen LogP contribution in [0, 0.1) is 0 Å². The van der Waals surface area contributed by atoms with Crippen LogP contribution >= 0.6 is 27.7 Å². The molecule has 1 aliphatic heterocycles. The Labute approximate surface area is 138 Å². The Morgan fingerprint density at radius 2 is 2.10 bits per heavy atom. The van der Waals surface area contributed by atoms with Crippen LogP contribution in [0.5, 0.6) is 0 Å². The van der Waals surface area contributed by atoms with Crippen LogP contribution in [0.3, 0.4) is 0 Å². The summed E-state index contributed by atoms with van der Waals surface area (Å²) in [4.78, 5) is 13.3. The van der Waals surface area contributed by atoms with Crippen molar-refractivity contribution in [1.29, 1.82) is 0 Å². The summed E-state index contributed by atoms with van der Waals surface area (Å²) in [6.07, 6.45) is 1.96. The van der Waals surface area contributed by atoms with E-state index in [0.29, 0.717) is 5.75 Å². The molecule has 4 nitrogen and oxygen atoms in total. The molecule has 1 aromatic rings. The number of benzene rings is 1. The van der Waals surface area contributed by atoms with Gasteiger partial charge in [-0.2, -0.15) is 5.10 Å². The van der Waals surface area contributed by atoms with Crippen LogP contribution in [0.4, 0.5) is 0 Å². The first kappa shape index (κ1) is 16.5. The van der Waals surface area contributed by atoms with Crippen LogP contribution in [-0.4, -0.2) is 37.5 Å². The lowest BCUT2D eigenvalue weighted by atomic mass is 10.1. The SMILES string of the molecule is C[NH+]1CCC(=NNC(=O)CSCc2ccccc2Br)CC1. The number of quaternary nitrogens is 1. The number of hydrogen-bond acceptors (Lipinski definition) is 3. The van der Waals surface area contributed by atoms with Gasteiger partial charge < -0.3 is 4.90 Å². The zero-order valence-electron chi connectivity index (χ0n) is 12.2. The fourth-order valence-corrected chi connectivity index (χ4v) is 3.55. The molecule has 1 aromatic carbocycles. The van der Waals surface area contributed by atoms with E-state index in [9.17, 15) is 4.79 Å². The number of halogens is 1. The minimum atomic E-state index is -0.0224. The largest absolute Gasteiger partial charge is 0.337 e. The van der Waals surface area contributed by atoms with Crippen molar-refractivity contribution in [3.8, 4) is 0 Å². The Hall–Kier alpha value is -0.850. The van der Waals surface area contributed by atoms with E-state index in [1.807, 2.05) is 18.2 Å². The number of carbonyl (C=O) groups excluding carboxylic acids is 1. The van der Waals surface area contributed by atoms with Crippen molar-refractivity contribution in [2.75, 3.05) is 25.9 Å². The third-order valence-corrected chi connectivity index (χ3v) is 5.22. The van der Waals surface area contributed by atoms with E-state index in [2.05, 4.69) is 39.6 Å². The van der Waals surface area contributed by atoms with Crippen LogP contribution in [-0.2, 0) is 10.5 Å². The van der Waals surface area contributed by atoms with E-state index >= 15 is 0 Å². The zero-order chi connectivity index (χ0) is 15.1. The molecule has 6 heteroatoms. The van der Waals surface area contributed by atoms with E-state index in [0.717, 1.165) is 41.9 Å². The number of nitrogens with zero attached hydrogens (tertiary/aromatic N) is 1. The highest BCUT2D eigenvalue weighted by molar-refractivity contribution is 9.10. The quantitative estimate of drug-likeness (QED) is 0.770. The first-order valence-corrected chi connectivity index (χ1v) is 9.06. The van der Waals surface area contributed by atoms with Gasteiger partial charge >= 0.3 is 0 Å². The summed E-state index contributed by atoms with van der Waals surface area (Å²) in [6.45, 7) is 2.21. The monoisotopic (exact) mass is 370 g/mol. The van der Waals surface area contributed by atoms with Gasteiger partial charge in [0.05, 0.1) is 25.9 Å². The molecule has 1 aliphatic rings. The number of amides is 1. The van der Waals surface area contributed by atoms with Gasteiger partial charge in [-0.3, -0.25) is 4.79 Å². The van der Waals surface area contributed by atoms with Gasteiger partial charge in [0.2, 0.25) is 5.91 Å². The average molecular weight is 371 g/mol. The van der Waals surface area contributed by atoms with Crippen LogP contribution in [0.25, 0.3) is 0 Å². The fourth-order valence-electron chi connectivity index (χ4n) is 2.12. The second kappa shape index (κ2) is 8.56. The van der Waals surface area contributed by atoms with E-state index in [4.69, 9.17) is 0 Å². The topological polar surface area (TPSA) is 45.9 Å². The summed E-state index contributed by atoms with van der Waals surface area (Å²) < 4.78 is 1.09. The van der Waals surface area contributed by atoms with Crippen molar-refractivity contribution >= 4 is 39.3 Å². The summed E-state index contributed by atoms with van der Waals surface area (Å²) in [5, 5.41) is 4.24. The van der Waals surface area contributed by atoms with Gasteiger partial charge in [-0.15, -0.1) is 11.8 Å². The van der Waals surface area contributed by atoms with Gasteiger partial charge in [0.25, 0.3) is 0 Å². The third-order valence-electron chi connectivity index (χ3n) is 3.47. The molecule has 0 aliphatic carbocycles. The fraction of sp³-hybridized carbons (Fsp3) is 0.467. The molecule has 1 heterocycles. The number of hydrazone groups is 1. The van der Waals surface area contributed by atoms with Crippen molar-refractivity contribution in [3.05, 3.63) is 34.3 Å². The molecule has 0 radical (unpaired) electrons. The second-order valence-electron chi connectivity index (χ2n) is 5.25. The van der Waals surface area contributed by atoms with Crippen LogP contribution in [0.2, 0.25) is 0 Å². The molecule has 2 rings (SSSR count). The van der Waals surface area contributed by atoms with Gasteiger partial charge in [-0.05, 0) is 11.6 Å². The molecule has 0 aromatic heterocycles. The highest BCUT2D eigenvalue weighted by Crippen LogP contribution is 2.20. The summed E-state index contributed by atoms with van der Waals surface area (Å²) >= 11 is 5.11. The van der Waals surface area contributed by atoms with Crippen molar-refractivity contribution in [2.45, 2.75) is 18.6 Å². The van der Waals surface area contributed by atoms with E-state index in [-0.39, 0.29) is 5.91 Å². The predicted octanol–water partition coefficient (Wildman–Crippen LogP) is 1.46. The molecule has 1 amide bonds. The van der Waals surface area contributed by atoms with Gasteiger partial charge in [0.1, 0.15) is 0 Å². The summed E-state index contributed by atoms with van der Waals surface area (Å²) in [5.41, 5.74) is 5.00. The van der Waals surface area contributed by atoms with Crippen LogP contribution in [0.15, 0.2) is 33.8 Å². The molecule has 0 atom stereocenters. The van der Waals surface area contributed by atoms with E-state index in [1.165, 1.54) is 10.5 Å². The molecule has 2 N–H and O–H groups in total. The average Bonchev–Trinajstić information content (AvgIpc) is 2.49. The number of carbonyl (C=O) groups is 1. The summed E-state index contributed by atoms with van der Waals surface area (Å²) in [6, 6.07) is 8.08. The maximum atomic E-state index is 11.8. The van der Waals surface area contributed by atoms with Gasteiger partial charge in [-0.25, -0.2) is 5.43 Å². The van der Waals surface area contributed by atoms with Crippen LogP contribution < -0.4 is 10.3 Å². The number of piperidine rings is 1. The Kier molecular flexibility index (Phi) is 6.73. The lowest BCUT2D eigenvalue weighted by molar-refractivity contribution is -0.880. The van der Waals surface area contributed by atoms with Gasteiger partial charge in [0, 0.05) is 28.8 Å². The standard InChI is InChI=1S/C15H20BrN3OS/c1-19-8-6-13(7-9-19)17-18-15(20)11-21-10-12-4-2-3-5-14(12)16/h2-5H,6-11H2,1H3,(H,18,20)/p+1. The molecule has 0 unspecified atom stereocenters. The molecule has 1 saturated heterocycles. The summed E-state index contributed by atoms with van der Waals surface area (Å²) in [5.74, 6) is 1.23. The van der Waals surface area contributed by atoms with Crippen molar-refractivity contribution in [2.24, 2.45) is 5.10 Å². The zero-order valence-corrected chi connectivity index (χ0v) is 14.6. The minimum absolute atomic E-state index is 0.0224. The van der Waals surface area contributed by atoms with E-state index < -0.39 is 0 Å². The minimum Gasteiger partial charge on any atom is -0.337 e. The van der Waals surface area contributed by atoms with Crippen molar-refractivity contribution in [1.82, 2.24) is 5.43 Å². The van der Waals surface area contributed by atoms with Gasteiger partial charge in [0.15, 0.2) is 0 Å². The number of hydrogen-bond donors (Lipinski definition) is 2. The summed E-state index contributed by atoms with van der Waals surface area (Å²) in [7, 11) is 2.19. The molecule has 1 fully saturated rings. The normalized spacial score (nSPS) is 18.4. The maximum absolute atomic E-state index is 11.8. The predicted molar refractivity (Wildman–Crippen MR) is 91.7 cm³/mol. The Morgan fingerprint density at radius 1 is 1.38 bits per heavy atom. The van der Waals surface area contributed by atoms with Crippen molar-refractivity contribution < 1.29 is 9.69 Å². The highest BCUT2D eigenvalue weighted by Gasteiger charge is 2.14. The van der Waals surface area contributed by atoms with Crippen LogP contribution in [0.1, 0.15) is 18.4 Å². The van der Waals surface area contributed by atoms with Gasteiger partial charge in [-0.1, -0.05) is 34.1 Å². The number of likely N-dealkylation sites (tertiary alicyclic amines) is 1. The maximum Gasteiger partial charge on any atom is 0.250 e. The highest BCUT2D eigenvalue weighted by atomic mass is 79.9. The smallest absolute Gasteiger partial charge is 0.250 e. The molecule has 114 valence electrons. The molecular weight excluding hydrogens is 350 g/mol. The third kappa shape index (κ3) is 5.80. The Balaban J connectivity index is 1.68. The number of nitrogens with one attached hydrogen (secondary N) is 2.